The van der Waals surface area contributed by atoms with Crippen LogP contribution in [0.1, 0.15) is 27.7 Å². The van der Waals surface area contributed by atoms with Crippen LogP contribution in [-0.2, 0) is 23.8 Å². The quantitative estimate of drug-likeness (QED) is 0.701. The zero-order valence-electron chi connectivity index (χ0n) is 12.1. The molecule has 0 unspecified atom stereocenters. The van der Waals surface area contributed by atoms with Crippen LogP contribution in [0.25, 0.3) is 0 Å². The lowest BCUT2D eigenvalue weighted by molar-refractivity contribution is -0.167. The fourth-order valence-corrected chi connectivity index (χ4v) is 1.79. The molecule has 0 saturated carbocycles. The fourth-order valence-electron chi connectivity index (χ4n) is 1.79. The summed E-state index contributed by atoms with van der Waals surface area (Å²) < 4.78 is 15.5. The third kappa shape index (κ3) is 4.80. The van der Waals surface area contributed by atoms with Crippen molar-refractivity contribution in [3.05, 3.63) is 0 Å². The van der Waals surface area contributed by atoms with E-state index in [2.05, 4.69) is 0 Å². The maximum atomic E-state index is 12.4. The molecule has 110 valence electrons. The molecule has 1 rings (SSSR count). The Balaban J connectivity index is 2.72. The Hall–Kier alpha value is -1.14. The second-order valence-corrected chi connectivity index (χ2v) is 5.33. The average Bonchev–Trinajstić information content (AvgIpc) is 2.35. The topological polar surface area (TPSA) is 65.1 Å². The van der Waals surface area contributed by atoms with E-state index in [-0.39, 0.29) is 19.1 Å². The summed E-state index contributed by atoms with van der Waals surface area (Å²) in [4.78, 5) is 25.5. The van der Waals surface area contributed by atoms with E-state index in [1.807, 2.05) is 20.8 Å². The Morgan fingerprint density at radius 3 is 2.47 bits per heavy atom. The molecule has 6 heteroatoms. The molecule has 0 bridgehead atoms. The van der Waals surface area contributed by atoms with Crippen molar-refractivity contribution in [3.8, 4) is 0 Å². The molecular weight excluding hydrogens is 250 g/mol. The molecule has 0 aromatic heterocycles. The van der Waals surface area contributed by atoms with Crippen molar-refractivity contribution in [2.75, 3.05) is 33.0 Å². The van der Waals surface area contributed by atoms with Gasteiger partial charge in [0.25, 0.3) is 5.91 Å². The highest BCUT2D eigenvalue weighted by Gasteiger charge is 2.35. The lowest BCUT2D eigenvalue weighted by Gasteiger charge is -2.37. The zero-order valence-corrected chi connectivity index (χ0v) is 12.1. The molecule has 0 aliphatic carbocycles. The van der Waals surface area contributed by atoms with Crippen LogP contribution in [0, 0.1) is 0 Å². The number of carbonyl (C=O) groups excluding carboxylic acids is 2. The van der Waals surface area contributed by atoms with Gasteiger partial charge < -0.3 is 19.1 Å². The van der Waals surface area contributed by atoms with Crippen molar-refractivity contribution < 1.29 is 23.8 Å². The highest BCUT2D eigenvalue weighted by atomic mass is 16.6. The minimum atomic E-state index is -0.637. The third-order valence-electron chi connectivity index (χ3n) is 2.76. The van der Waals surface area contributed by atoms with E-state index >= 15 is 0 Å². The monoisotopic (exact) mass is 273 g/mol. The van der Waals surface area contributed by atoms with Crippen LogP contribution in [0.3, 0.4) is 0 Å². The van der Waals surface area contributed by atoms with E-state index in [1.165, 1.54) is 4.90 Å². The Morgan fingerprint density at radius 1 is 1.32 bits per heavy atom. The summed E-state index contributed by atoms with van der Waals surface area (Å²) in [6.45, 7) is 8.69. The number of rotatable bonds is 4. The highest BCUT2D eigenvalue weighted by Crippen LogP contribution is 2.17. The standard InChI is InChI=1S/C13H23NO5/c1-5-18-11(15)8-14(13(2,3)4)12(16)10-9-17-6-7-19-10/h10H,5-9H2,1-4H3/t10-/m1/s1. The van der Waals surface area contributed by atoms with Crippen LogP contribution in [0.5, 0.6) is 0 Å². The highest BCUT2D eigenvalue weighted by molar-refractivity contribution is 5.86. The fraction of sp³-hybridized carbons (Fsp3) is 0.846. The lowest BCUT2D eigenvalue weighted by atomic mass is 10.0. The molecule has 1 heterocycles. The SMILES string of the molecule is CCOC(=O)CN(C(=O)[C@H]1COCCO1)C(C)(C)C. The van der Waals surface area contributed by atoms with Crippen LogP contribution in [0.2, 0.25) is 0 Å². The molecule has 1 aliphatic rings. The van der Waals surface area contributed by atoms with Gasteiger partial charge in [-0.05, 0) is 27.7 Å². The van der Waals surface area contributed by atoms with Gasteiger partial charge in [-0.15, -0.1) is 0 Å². The Kier molecular flexibility index (Phi) is 5.75. The molecular formula is C13H23NO5. The van der Waals surface area contributed by atoms with Gasteiger partial charge in [0.05, 0.1) is 26.4 Å². The summed E-state index contributed by atoms with van der Waals surface area (Å²) in [7, 11) is 0. The van der Waals surface area contributed by atoms with E-state index in [9.17, 15) is 9.59 Å². The molecule has 6 nitrogen and oxygen atoms in total. The molecule has 1 saturated heterocycles. The van der Waals surface area contributed by atoms with E-state index < -0.39 is 17.6 Å². The summed E-state index contributed by atoms with van der Waals surface area (Å²) >= 11 is 0. The molecule has 0 aromatic rings. The zero-order chi connectivity index (χ0) is 14.5. The van der Waals surface area contributed by atoms with Crippen molar-refractivity contribution in [2.45, 2.75) is 39.3 Å². The van der Waals surface area contributed by atoms with E-state index in [0.717, 1.165) is 0 Å². The first kappa shape index (κ1) is 15.9. The Labute approximate surface area is 114 Å². The molecule has 1 amide bonds. The maximum absolute atomic E-state index is 12.4. The van der Waals surface area contributed by atoms with Crippen LogP contribution >= 0.6 is 0 Å². The van der Waals surface area contributed by atoms with Gasteiger partial charge in [-0.25, -0.2) is 0 Å². The van der Waals surface area contributed by atoms with Crippen LogP contribution in [-0.4, -0.2) is 61.4 Å². The van der Waals surface area contributed by atoms with Gasteiger partial charge >= 0.3 is 5.97 Å². The lowest BCUT2D eigenvalue weighted by Crippen LogP contribution is -2.54. The molecule has 19 heavy (non-hydrogen) atoms. The first-order valence-electron chi connectivity index (χ1n) is 6.52. The second-order valence-electron chi connectivity index (χ2n) is 5.33. The number of hydrogen-bond acceptors (Lipinski definition) is 5. The number of esters is 1. The predicted molar refractivity (Wildman–Crippen MR) is 68.7 cm³/mol. The number of nitrogens with zero attached hydrogens (tertiary/aromatic N) is 1. The Morgan fingerprint density at radius 2 is 2.00 bits per heavy atom. The van der Waals surface area contributed by atoms with Gasteiger partial charge in [0.2, 0.25) is 0 Å². The average molecular weight is 273 g/mol. The van der Waals surface area contributed by atoms with Gasteiger partial charge in [0, 0.05) is 5.54 Å². The van der Waals surface area contributed by atoms with Gasteiger partial charge in [-0.2, -0.15) is 0 Å². The summed E-state index contributed by atoms with van der Waals surface area (Å²) in [6.07, 6.45) is -0.637. The third-order valence-corrected chi connectivity index (χ3v) is 2.76. The van der Waals surface area contributed by atoms with Crippen molar-refractivity contribution in [2.24, 2.45) is 0 Å². The van der Waals surface area contributed by atoms with E-state index in [4.69, 9.17) is 14.2 Å². The second kappa shape index (κ2) is 6.86. The number of amides is 1. The first-order valence-corrected chi connectivity index (χ1v) is 6.52. The number of carbonyl (C=O) groups is 2. The molecule has 1 aliphatic heterocycles. The molecule has 1 atom stereocenters. The Bertz CT molecular complexity index is 317. The van der Waals surface area contributed by atoms with Crippen molar-refractivity contribution >= 4 is 11.9 Å². The summed E-state index contributed by atoms with van der Waals surface area (Å²) in [5, 5.41) is 0. The smallest absolute Gasteiger partial charge is 0.325 e. The molecule has 0 aromatic carbocycles. The minimum Gasteiger partial charge on any atom is -0.465 e. The summed E-state index contributed by atoms with van der Waals surface area (Å²) in [5.41, 5.74) is -0.481. The molecule has 0 spiro atoms. The predicted octanol–water partition coefficient (Wildman–Crippen LogP) is 0.592. The number of hydrogen-bond donors (Lipinski definition) is 0. The van der Waals surface area contributed by atoms with Crippen molar-refractivity contribution in [1.82, 2.24) is 4.90 Å². The maximum Gasteiger partial charge on any atom is 0.325 e. The molecule has 0 radical (unpaired) electrons. The van der Waals surface area contributed by atoms with Crippen molar-refractivity contribution in [3.63, 3.8) is 0 Å². The van der Waals surface area contributed by atoms with Gasteiger partial charge in [-0.1, -0.05) is 0 Å². The number of ether oxygens (including phenoxy) is 3. The van der Waals surface area contributed by atoms with Gasteiger partial charge in [0.1, 0.15) is 6.54 Å². The molecule has 0 N–H and O–H groups in total. The molecule has 1 fully saturated rings. The first-order chi connectivity index (χ1) is 8.86. The van der Waals surface area contributed by atoms with Crippen LogP contribution in [0.4, 0.5) is 0 Å². The summed E-state index contributed by atoms with van der Waals surface area (Å²) in [5.74, 6) is -0.650. The van der Waals surface area contributed by atoms with Crippen molar-refractivity contribution in [1.29, 1.82) is 0 Å². The van der Waals surface area contributed by atoms with E-state index in [1.54, 1.807) is 6.92 Å². The normalized spacial score (nSPS) is 19.9. The minimum absolute atomic E-state index is 0.0734. The summed E-state index contributed by atoms with van der Waals surface area (Å²) in [6, 6.07) is 0. The van der Waals surface area contributed by atoms with E-state index in [0.29, 0.717) is 19.8 Å². The van der Waals surface area contributed by atoms with Gasteiger partial charge in [-0.3, -0.25) is 9.59 Å². The van der Waals surface area contributed by atoms with Crippen LogP contribution in [0.15, 0.2) is 0 Å². The van der Waals surface area contributed by atoms with Gasteiger partial charge in [0.15, 0.2) is 6.10 Å². The van der Waals surface area contributed by atoms with Crippen LogP contribution < -0.4 is 0 Å². The largest absolute Gasteiger partial charge is 0.465 e.